The van der Waals surface area contributed by atoms with E-state index < -0.39 is 6.10 Å². The van der Waals surface area contributed by atoms with Crippen molar-refractivity contribution in [3.63, 3.8) is 0 Å². The first-order chi connectivity index (χ1) is 12.1. The Kier molecular flexibility index (Phi) is 4.90. The second-order valence-electron chi connectivity index (χ2n) is 5.87. The molecule has 128 valence electrons. The maximum Gasteiger partial charge on any atom is 0.275 e. The molecule has 3 rings (SSSR count). The summed E-state index contributed by atoms with van der Waals surface area (Å²) >= 11 is 0. The van der Waals surface area contributed by atoms with Crippen LogP contribution >= 0.6 is 0 Å². The van der Waals surface area contributed by atoms with Crippen LogP contribution in [0.25, 0.3) is 10.8 Å². The predicted octanol–water partition coefficient (Wildman–Crippen LogP) is 1.55. The van der Waals surface area contributed by atoms with Gasteiger partial charge in [-0.1, -0.05) is 42.5 Å². The quantitative estimate of drug-likeness (QED) is 0.740. The van der Waals surface area contributed by atoms with Crippen molar-refractivity contribution in [2.24, 2.45) is 0 Å². The first-order valence-electron chi connectivity index (χ1n) is 8.01. The molecule has 6 heteroatoms. The minimum atomic E-state index is -0.800. The summed E-state index contributed by atoms with van der Waals surface area (Å²) in [5.74, 6) is -0.377. The van der Waals surface area contributed by atoms with Gasteiger partial charge in [-0.2, -0.15) is 5.10 Å². The van der Waals surface area contributed by atoms with E-state index in [0.29, 0.717) is 5.39 Å². The third kappa shape index (κ3) is 3.75. The molecule has 0 spiro atoms. The molecule has 1 unspecified atom stereocenters. The molecule has 3 aromatic rings. The Hall–Kier alpha value is -2.99. The van der Waals surface area contributed by atoms with Gasteiger partial charge >= 0.3 is 0 Å². The highest BCUT2D eigenvalue weighted by molar-refractivity contribution is 5.81. The summed E-state index contributed by atoms with van der Waals surface area (Å²) in [6.07, 6.45) is 0.762. The molecule has 0 saturated carbocycles. The second kappa shape index (κ2) is 7.27. The summed E-state index contributed by atoms with van der Waals surface area (Å²) in [4.78, 5) is 24.4. The monoisotopic (exact) mass is 337 g/mol. The largest absolute Gasteiger partial charge is 0.387 e. The van der Waals surface area contributed by atoms with E-state index in [4.69, 9.17) is 0 Å². The summed E-state index contributed by atoms with van der Waals surface area (Å²) in [6.45, 7) is 1.79. The lowest BCUT2D eigenvalue weighted by atomic mass is 10.0. The van der Waals surface area contributed by atoms with Crippen molar-refractivity contribution in [2.75, 3.05) is 6.54 Å². The molecular formula is C19H19N3O3. The highest BCUT2D eigenvalue weighted by Gasteiger charge is 2.13. The van der Waals surface area contributed by atoms with Gasteiger partial charge in [-0.25, -0.2) is 4.68 Å². The predicted molar refractivity (Wildman–Crippen MR) is 95.2 cm³/mol. The lowest BCUT2D eigenvalue weighted by molar-refractivity contribution is -0.122. The van der Waals surface area contributed by atoms with Gasteiger partial charge in [0, 0.05) is 11.9 Å². The number of amides is 1. The number of benzene rings is 2. The van der Waals surface area contributed by atoms with Gasteiger partial charge in [0.15, 0.2) is 0 Å². The zero-order valence-electron chi connectivity index (χ0n) is 13.8. The lowest BCUT2D eigenvalue weighted by Gasteiger charge is -2.14. The molecule has 25 heavy (non-hydrogen) atoms. The molecule has 0 bridgehead atoms. The zero-order chi connectivity index (χ0) is 17.8. The first-order valence-corrected chi connectivity index (χ1v) is 8.01. The number of aryl methyl sites for hydroxylation is 1. The van der Waals surface area contributed by atoms with Crippen LogP contribution in [0.1, 0.15) is 17.2 Å². The van der Waals surface area contributed by atoms with Crippen LogP contribution in [-0.2, 0) is 11.3 Å². The van der Waals surface area contributed by atoms with Crippen molar-refractivity contribution < 1.29 is 9.90 Å². The number of hydrogen-bond donors (Lipinski definition) is 2. The third-order valence-electron chi connectivity index (χ3n) is 4.10. The molecule has 1 atom stereocenters. The number of aromatic nitrogens is 2. The van der Waals surface area contributed by atoms with Crippen molar-refractivity contribution in [1.29, 1.82) is 0 Å². The normalized spacial score (nSPS) is 12.1. The van der Waals surface area contributed by atoms with Crippen LogP contribution in [0.5, 0.6) is 0 Å². The molecule has 1 aromatic heterocycles. The summed E-state index contributed by atoms with van der Waals surface area (Å²) in [7, 11) is 0. The Bertz CT molecular complexity index is 965. The average Bonchev–Trinajstić information content (AvgIpc) is 2.63. The van der Waals surface area contributed by atoms with Crippen molar-refractivity contribution in [3.05, 3.63) is 76.2 Å². The first kappa shape index (κ1) is 16.9. The molecule has 2 N–H and O–H groups in total. The maximum absolute atomic E-state index is 12.3. The third-order valence-corrected chi connectivity index (χ3v) is 4.10. The van der Waals surface area contributed by atoms with Crippen molar-refractivity contribution in [3.8, 4) is 0 Å². The van der Waals surface area contributed by atoms with Crippen LogP contribution in [0.4, 0.5) is 0 Å². The Morgan fingerprint density at radius 3 is 2.72 bits per heavy atom. The highest BCUT2D eigenvalue weighted by Crippen LogP contribution is 2.16. The Labute approximate surface area is 144 Å². The van der Waals surface area contributed by atoms with E-state index in [1.54, 1.807) is 24.4 Å². The van der Waals surface area contributed by atoms with Crippen LogP contribution in [0.3, 0.4) is 0 Å². The fourth-order valence-electron chi connectivity index (χ4n) is 2.71. The van der Waals surface area contributed by atoms with E-state index in [-0.39, 0.29) is 24.6 Å². The van der Waals surface area contributed by atoms with Crippen LogP contribution in [0.15, 0.2) is 59.5 Å². The number of hydrogen-bond acceptors (Lipinski definition) is 4. The molecule has 2 aromatic carbocycles. The number of carbonyl (C=O) groups is 1. The fraction of sp³-hybridized carbons (Fsp3) is 0.211. The number of aliphatic hydroxyl groups is 1. The highest BCUT2D eigenvalue weighted by atomic mass is 16.3. The zero-order valence-corrected chi connectivity index (χ0v) is 13.8. The van der Waals surface area contributed by atoms with Crippen LogP contribution in [0.2, 0.25) is 0 Å². The van der Waals surface area contributed by atoms with Gasteiger partial charge in [-0.15, -0.1) is 0 Å². The van der Waals surface area contributed by atoms with Crippen LogP contribution in [-0.4, -0.2) is 27.3 Å². The van der Waals surface area contributed by atoms with E-state index in [1.165, 1.54) is 0 Å². The lowest BCUT2D eigenvalue weighted by Crippen LogP contribution is -2.35. The number of fused-ring (bicyclic) bond motifs is 1. The number of nitrogens with zero attached hydrogens (tertiary/aromatic N) is 2. The van der Waals surface area contributed by atoms with E-state index in [0.717, 1.165) is 21.2 Å². The minimum absolute atomic E-state index is 0.0754. The number of nitrogens with one attached hydrogen (secondary N) is 1. The topological polar surface area (TPSA) is 84.2 Å². The summed E-state index contributed by atoms with van der Waals surface area (Å²) in [5, 5.41) is 18.1. The van der Waals surface area contributed by atoms with Gasteiger partial charge < -0.3 is 10.4 Å². The van der Waals surface area contributed by atoms with Gasteiger partial charge in [0.25, 0.3) is 5.56 Å². The Morgan fingerprint density at radius 2 is 1.92 bits per heavy atom. The number of aliphatic hydroxyl groups excluding tert-OH is 1. The van der Waals surface area contributed by atoms with Crippen LogP contribution < -0.4 is 10.9 Å². The molecule has 0 radical (unpaired) electrons. The van der Waals surface area contributed by atoms with Gasteiger partial charge in [0.2, 0.25) is 5.91 Å². The molecule has 0 aliphatic carbocycles. The van der Waals surface area contributed by atoms with Gasteiger partial charge in [0.05, 0.1) is 17.7 Å². The molecule has 1 amide bonds. The van der Waals surface area contributed by atoms with Gasteiger partial charge in [-0.05, 0) is 24.1 Å². The molecule has 1 heterocycles. The molecule has 0 fully saturated rings. The summed E-state index contributed by atoms with van der Waals surface area (Å²) < 4.78 is 1.12. The van der Waals surface area contributed by atoms with Crippen LogP contribution in [0, 0.1) is 6.92 Å². The fourth-order valence-corrected chi connectivity index (χ4v) is 2.71. The van der Waals surface area contributed by atoms with Gasteiger partial charge in [0.1, 0.15) is 6.54 Å². The van der Waals surface area contributed by atoms with E-state index in [9.17, 15) is 14.7 Å². The summed E-state index contributed by atoms with van der Waals surface area (Å²) in [5.41, 5.74) is 1.41. The van der Waals surface area contributed by atoms with Crippen molar-refractivity contribution in [1.82, 2.24) is 15.1 Å². The molecule has 6 nitrogen and oxygen atoms in total. The van der Waals surface area contributed by atoms with E-state index >= 15 is 0 Å². The molecular weight excluding hydrogens is 318 g/mol. The Balaban J connectivity index is 1.66. The number of carbonyl (C=O) groups excluding carboxylic acids is 1. The molecule has 0 aliphatic heterocycles. The minimum Gasteiger partial charge on any atom is -0.387 e. The van der Waals surface area contributed by atoms with Crippen molar-refractivity contribution >= 4 is 16.7 Å². The summed E-state index contributed by atoms with van der Waals surface area (Å²) in [6, 6.07) is 14.6. The second-order valence-corrected chi connectivity index (χ2v) is 5.87. The maximum atomic E-state index is 12.3. The van der Waals surface area contributed by atoms with Gasteiger partial charge in [-0.3, -0.25) is 9.59 Å². The van der Waals surface area contributed by atoms with E-state index in [2.05, 4.69) is 10.4 Å². The average molecular weight is 337 g/mol. The standard InChI is InChI=1S/C19H19N3O3/c1-13-6-2-4-8-15(13)17(23)11-20-18(24)12-22-19(25)16-9-5-3-7-14(16)10-21-22/h2-10,17,23H,11-12H2,1H3,(H,20,24). The van der Waals surface area contributed by atoms with Crippen molar-refractivity contribution in [2.45, 2.75) is 19.6 Å². The SMILES string of the molecule is Cc1ccccc1C(O)CNC(=O)Cn1ncc2ccccc2c1=O. The molecule has 0 aliphatic rings. The Morgan fingerprint density at radius 1 is 1.20 bits per heavy atom. The van der Waals surface area contributed by atoms with E-state index in [1.807, 2.05) is 37.3 Å². The number of rotatable bonds is 5. The smallest absolute Gasteiger partial charge is 0.275 e. The molecule has 0 saturated heterocycles.